The van der Waals surface area contributed by atoms with Crippen LogP contribution in [0.2, 0.25) is 0 Å². The van der Waals surface area contributed by atoms with E-state index in [0.29, 0.717) is 84.3 Å². The van der Waals surface area contributed by atoms with Gasteiger partial charge in [0, 0.05) is 78.9 Å². The Bertz CT molecular complexity index is 7310. The maximum atomic E-state index is 13.4. The van der Waals surface area contributed by atoms with E-state index in [0.717, 1.165) is 186 Å². The van der Waals surface area contributed by atoms with Crippen LogP contribution in [0.5, 0.6) is 12.0 Å². The number of aromatic carboxylic acids is 1. The molecule has 1 atom stereocenters. The summed E-state index contributed by atoms with van der Waals surface area (Å²) in [7, 11) is 0. The SMILES string of the molecule is CCCCC1=NC2(CCCC2)C(=O)N1Cc1ccc(-c2ccccc2-c2nn[nH]n2)cc1.CCCCc1ncc(/C=C(\Cc2cccs2)C(=O)O)n1-c1cccc(C(=O)O)c1.CCCc1nc(C(C)(C)O)c(C(=O)Oc2oc(=O)oc2C)n1Cc1ccc(-c2ccccc2-c2nn[nH]n2)cc1.CCOc1nc2cccc(C(=O)OC(C)OC(=O)OC3CCCCC3)c2n1Cc1ccc(-c2ccccc2-c2nn[nH]n2)cc1. The number of fused-ring (bicyclic) bond motifs is 1. The second kappa shape index (κ2) is 47.5. The Balaban J connectivity index is 0.000000141. The Hall–Kier alpha value is -16.6. The van der Waals surface area contributed by atoms with Gasteiger partial charge in [0.1, 0.15) is 40.4 Å². The highest BCUT2D eigenvalue weighted by molar-refractivity contribution is 7.10. The molecule has 1 aliphatic heterocycles. The molecule has 1 unspecified atom stereocenters. The molecule has 1 amide bonds. The molecule has 0 radical (unpaired) electrons. The van der Waals surface area contributed by atoms with Crippen molar-refractivity contribution in [3.05, 3.63) is 295 Å². The van der Waals surface area contributed by atoms with Crippen LogP contribution in [0.4, 0.5) is 4.79 Å². The lowest BCUT2D eigenvalue weighted by molar-refractivity contribution is -0.133. The topological polar surface area (TPSA) is 485 Å². The van der Waals surface area contributed by atoms with Crippen LogP contribution < -0.4 is 15.3 Å². The number of aromatic amines is 3. The zero-order valence-electron chi connectivity index (χ0n) is 82.1. The molecule has 0 bridgehead atoms. The van der Waals surface area contributed by atoms with E-state index in [1.165, 1.54) is 31.3 Å². The second-order valence-corrected chi connectivity index (χ2v) is 37.0. The minimum Gasteiger partial charge on any atom is -0.478 e. The fourth-order valence-electron chi connectivity index (χ4n) is 18.0. The lowest BCUT2D eigenvalue weighted by Gasteiger charge is -2.23. The van der Waals surface area contributed by atoms with Crippen LogP contribution in [0, 0.1) is 6.92 Å². The standard InChI is InChI=1S/C33H34N6O6.C28H28N6O6.C25H28N6O.C22H22N2O4S/c1-3-42-32-34-28-15-9-14-27(31(40)43-21(2)44-33(41)45-24-10-5-4-6-11-24)29(28)39(32)20-22-16-18-23(19-17-22)25-12-7-8-13-26(25)30-35-37-38-36-30;1-5-8-21-29-23(28(3,4)37)22(25(35)39-26-16(2)38-27(36)40-26)34(21)15-17-11-13-18(14-12-17)19-9-6-7-10-20(19)24-30-32-33-31-24;1-2-3-10-22-26-25(15-6-7-16-25)24(32)31(22)17-18-11-13-19(14-12-18)20-8-4-5-9-21(20)23-27-29-30-28-23;1-2-3-9-20-23-14-18(12-16(22(27)28)13-19-8-5-10-29-19)24(20)17-7-4-6-15(11-17)21(25)26/h7-9,12-19,21,24H,3-6,10-11,20H2,1-2H3,(H,35,36,37,38);6-7,9-14,37H,5,8,15H2,1-4H3,(H,30,31,32,33);4-5,8-9,11-14H,2-3,6-7,10,15-17H2,1H3,(H,27,28,29,30);4-8,10-12,14H,2-3,9,13H2,1H3,(H,25,26)(H,27,28)/b;;;16-12+. The first-order valence-corrected chi connectivity index (χ1v) is 49.6. The molecular weight excluding hydrogens is 1880 g/mol. The zero-order valence-corrected chi connectivity index (χ0v) is 82.9. The maximum absolute atomic E-state index is 13.4. The third-order valence-corrected chi connectivity index (χ3v) is 26.0. The molecule has 0 saturated heterocycles. The molecule has 37 nitrogen and oxygen atoms in total. The van der Waals surface area contributed by atoms with Crippen molar-refractivity contribution in [2.45, 2.75) is 214 Å². The molecule has 8 aromatic carbocycles. The van der Waals surface area contributed by atoms with Crippen molar-refractivity contribution in [2.24, 2.45) is 4.99 Å². The molecule has 9 heterocycles. The van der Waals surface area contributed by atoms with Gasteiger partial charge in [-0.2, -0.15) is 20.6 Å². The van der Waals surface area contributed by atoms with Gasteiger partial charge in [0.25, 0.3) is 11.9 Å². The number of ether oxygens (including phenoxy) is 5. The average molecular weight is 1990 g/mol. The van der Waals surface area contributed by atoms with Crippen LogP contribution in [-0.4, -0.2) is 177 Å². The predicted molar refractivity (Wildman–Crippen MR) is 543 cm³/mol. The van der Waals surface area contributed by atoms with E-state index < -0.39 is 53.3 Å². The number of aliphatic carboxylic acids is 1. The first-order chi connectivity index (χ1) is 70.8. The zero-order chi connectivity index (χ0) is 102. The number of nitrogens with one attached hydrogen (secondary N) is 3. The number of unbranched alkanes of at least 4 members (excludes halogenated alkanes) is 2. The minimum absolute atomic E-state index is 0.0275. The number of aliphatic imine (C=N–C) groups is 1. The smallest absolute Gasteiger partial charge is 0.478 e. The number of thiophene rings is 1. The number of carbonyl (C=O) groups excluding carboxylic acids is 4. The van der Waals surface area contributed by atoms with Gasteiger partial charge in [-0.25, -0.2) is 38.7 Å². The molecule has 1 spiro atoms. The number of nitrogens with zero attached hydrogens (tertiary/aromatic N) is 17. The summed E-state index contributed by atoms with van der Waals surface area (Å²) < 4.78 is 42.5. The number of carbonyl (C=O) groups is 6. The summed E-state index contributed by atoms with van der Waals surface area (Å²) in [6.07, 6.45) is 17.2. The Labute approximate surface area is 843 Å². The normalized spacial score (nSPS) is 13.7. The molecule has 2 fully saturated rings. The van der Waals surface area contributed by atoms with E-state index in [2.05, 4.69) is 121 Å². The highest BCUT2D eigenvalue weighted by Crippen LogP contribution is 2.42. The number of amides is 1. The fraction of sp³-hybridized carbons (Fsp3) is 0.315. The minimum atomic E-state index is -1.45. The van der Waals surface area contributed by atoms with Crippen molar-refractivity contribution >= 4 is 70.2 Å². The lowest BCUT2D eigenvalue weighted by Crippen LogP contribution is -2.40. The van der Waals surface area contributed by atoms with Crippen LogP contribution in [0.15, 0.2) is 236 Å². The van der Waals surface area contributed by atoms with Crippen LogP contribution in [0.1, 0.15) is 226 Å². The van der Waals surface area contributed by atoms with Gasteiger partial charge >= 0.3 is 41.8 Å². The number of para-hydroxylation sites is 1. The molecule has 38 heteroatoms. The number of rotatable bonds is 35. The Morgan fingerprint density at radius 1 is 0.596 bits per heavy atom. The number of aromatic nitrogens is 18. The first kappa shape index (κ1) is 102. The molecule has 2 aliphatic carbocycles. The van der Waals surface area contributed by atoms with E-state index in [9.17, 15) is 48.9 Å². The molecule has 16 aromatic rings. The number of H-pyrrole nitrogens is 3. The summed E-state index contributed by atoms with van der Waals surface area (Å²) in [6, 6.07) is 63.9. The Kier molecular flexibility index (Phi) is 33.3. The number of aliphatic hydroxyl groups is 1. The summed E-state index contributed by atoms with van der Waals surface area (Å²) in [5.74, 6) is -0.622. The highest BCUT2D eigenvalue weighted by atomic mass is 32.1. The van der Waals surface area contributed by atoms with Gasteiger partial charge in [0.15, 0.2) is 11.5 Å². The number of benzene rings is 8. The number of hydrogen-bond donors (Lipinski definition) is 6. The largest absolute Gasteiger partial charge is 0.521 e. The monoisotopic (exact) mass is 1990 g/mol. The number of imidazole rings is 3. The quantitative estimate of drug-likeness (QED) is 0.0122. The summed E-state index contributed by atoms with van der Waals surface area (Å²) in [6.45, 7) is 15.8. The van der Waals surface area contributed by atoms with Crippen molar-refractivity contribution in [1.82, 2.24) is 95.4 Å². The number of carboxylic acids is 2. The molecular formula is C108H112N20O17S. The molecule has 752 valence electrons. The summed E-state index contributed by atoms with van der Waals surface area (Å²) in [5.41, 5.74) is 12.9. The van der Waals surface area contributed by atoms with Gasteiger partial charge in [-0.1, -0.05) is 217 Å². The van der Waals surface area contributed by atoms with Crippen molar-refractivity contribution in [1.29, 1.82) is 0 Å². The van der Waals surface area contributed by atoms with E-state index in [1.807, 2.05) is 167 Å². The number of tetrazole rings is 3. The van der Waals surface area contributed by atoms with Gasteiger partial charge in [0.2, 0.25) is 23.8 Å². The predicted octanol–water partition coefficient (Wildman–Crippen LogP) is 19.8. The van der Waals surface area contributed by atoms with Crippen molar-refractivity contribution in [3.8, 4) is 85.2 Å². The van der Waals surface area contributed by atoms with E-state index >= 15 is 0 Å². The summed E-state index contributed by atoms with van der Waals surface area (Å²) >= 11 is 1.51. The summed E-state index contributed by atoms with van der Waals surface area (Å²) in [4.78, 5) is 109. The number of esters is 2. The average Bonchev–Trinajstić information content (AvgIpc) is 1.60. The number of amidine groups is 1. The Morgan fingerprint density at radius 3 is 1.67 bits per heavy atom. The molecule has 3 aliphatic rings. The van der Waals surface area contributed by atoms with Crippen LogP contribution >= 0.6 is 11.3 Å². The summed E-state index contributed by atoms with van der Waals surface area (Å²) in [5, 5.41) is 75.1. The van der Waals surface area contributed by atoms with Crippen molar-refractivity contribution < 1.29 is 76.6 Å². The third kappa shape index (κ3) is 24.6. The van der Waals surface area contributed by atoms with Crippen LogP contribution in [-0.2, 0) is 68.3 Å². The van der Waals surface area contributed by atoms with E-state index in [1.54, 1.807) is 61.0 Å². The highest BCUT2D eigenvalue weighted by Gasteiger charge is 2.49. The number of carboxylic acid groups (broad SMARTS) is 2. The van der Waals surface area contributed by atoms with Gasteiger partial charge in [-0.15, -0.1) is 41.9 Å². The lowest BCUT2D eigenvalue weighted by atomic mass is 9.97. The third-order valence-electron chi connectivity index (χ3n) is 25.1. The van der Waals surface area contributed by atoms with Gasteiger partial charge in [-0.05, 0) is 192 Å². The van der Waals surface area contributed by atoms with Gasteiger partial charge in [0.05, 0.1) is 53.7 Å². The van der Waals surface area contributed by atoms with E-state index in [-0.39, 0.29) is 58.4 Å². The number of hydrogen-bond acceptors (Lipinski definition) is 29. The maximum Gasteiger partial charge on any atom is 0.521 e. The van der Waals surface area contributed by atoms with Crippen LogP contribution in [0.3, 0.4) is 0 Å². The van der Waals surface area contributed by atoms with E-state index in [4.69, 9.17) is 37.5 Å². The Morgan fingerprint density at radius 2 is 1.16 bits per heavy atom. The molecule has 146 heavy (non-hydrogen) atoms. The van der Waals surface area contributed by atoms with Crippen molar-refractivity contribution in [3.63, 3.8) is 0 Å². The van der Waals surface area contributed by atoms with Gasteiger partial charge < -0.3 is 52.4 Å². The molecule has 6 N–H and O–H groups in total. The van der Waals surface area contributed by atoms with Gasteiger partial charge in [-0.3, -0.25) is 23.8 Å². The first-order valence-electron chi connectivity index (χ1n) is 48.7. The molecule has 2 saturated carbocycles. The fourth-order valence-corrected chi connectivity index (χ4v) is 18.7. The van der Waals surface area contributed by atoms with Crippen LogP contribution in [0.25, 0.3) is 90.3 Å². The molecule has 19 rings (SSSR count). The number of aryl methyl sites for hydroxylation is 3. The molecule has 8 aromatic heterocycles. The second-order valence-electron chi connectivity index (χ2n) is 35.9. The van der Waals surface area contributed by atoms with Crippen molar-refractivity contribution in [2.75, 3.05) is 6.61 Å².